The summed E-state index contributed by atoms with van der Waals surface area (Å²) in [6, 6.07) is 0. The monoisotopic (exact) mass is 2020 g/mol. The summed E-state index contributed by atoms with van der Waals surface area (Å²) < 4.78 is 110. The van der Waals surface area contributed by atoms with Crippen LogP contribution >= 0.6 is 0 Å². The molecule has 140 heavy (non-hydrogen) atoms. The van der Waals surface area contributed by atoms with Gasteiger partial charge in [0.25, 0.3) is 0 Å². The number of esters is 3. The molecule has 0 amide bonds. The van der Waals surface area contributed by atoms with Gasteiger partial charge in [-0.15, -0.1) is 0 Å². The fourth-order valence-corrected chi connectivity index (χ4v) is 24.4. The smallest absolute Gasteiger partial charge is 0.335 e. The fraction of sp³-hybridized carbons (Fsp3) is 0.925. The number of aliphatic hydroxyl groups excluding tert-OH is 23. The first-order valence-electron chi connectivity index (χ1n) is 49.0. The van der Waals surface area contributed by atoms with Crippen LogP contribution in [0.3, 0.4) is 0 Å². The number of hydrogen-bond donors (Lipinski definition) is 24. The zero-order valence-electron chi connectivity index (χ0n) is 80.6. The van der Waals surface area contributed by atoms with Gasteiger partial charge in [0, 0.05) is 12.8 Å². The first kappa shape index (κ1) is 113. The Bertz CT molecular complexity index is 4140. The van der Waals surface area contributed by atoms with E-state index >= 15 is 4.79 Å². The summed E-state index contributed by atoms with van der Waals surface area (Å²) in [6.07, 6.45) is -74.4. The Labute approximate surface area is 808 Å². The number of aldehydes is 1. The molecule has 8 aliphatic heterocycles. The molecule has 8 saturated heterocycles. The average molecular weight is 2020 g/mol. The predicted octanol–water partition coefficient (Wildman–Crippen LogP) is -6.33. The zero-order chi connectivity index (χ0) is 103. The van der Waals surface area contributed by atoms with E-state index in [1.165, 1.54) is 13.8 Å². The SMILES string of the molecule is CCC(C)C(CC(O)CC(=O)OC1C(C)OC(OC(=O)C23CCC(C)(C)CC2C2=CCC4C5(C)CCC(OC6OC(C(=O)O)C(O)C(OC7OCC(O)C(O)C7O)C6OC6OC(CO)C(O)C(O)C6O)C(C)(C=O)C5CCC4(C)C2(C)CC3O)C(OC2OC(C)C(OC3OCC(O)C(O)C3O)C(OC3OC(CO)C(O)C(O)C3O)C2O)C1O)OC(=O)CC(O)CC(OC1OC(CO)C(O)C1O)C(C)CC. The number of carbonyl (C=O) groups excluding carboxylic acids is 4. The summed E-state index contributed by atoms with van der Waals surface area (Å²) in [6.45, 7) is 18.0. The molecule has 804 valence electrons. The van der Waals surface area contributed by atoms with E-state index in [9.17, 15) is 142 Å². The summed E-state index contributed by atoms with van der Waals surface area (Å²) in [7, 11) is 0. The highest BCUT2D eigenvalue weighted by atomic mass is 16.8. The summed E-state index contributed by atoms with van der Waals surface area (Å²) >= 11 is 0. The number of rotatable bonds is 35. The molecule has 12 fully saturated rings. The molecule has 13 rings (SSSR count). The van der Waals surface area contributed by atoms with E-state index < -0.39 is 384 Å². The van der Waals surface area contributed by atoms with Gasteiger partial charge in [0.05, 0.1) is 94.0 Å². The maximum atomic E-state index is 16.5. The molecule has 47 nitrogen and oxygen atoms in total. The van der Waals surface area contributed by atoms with Crippen LogP contribution in [-0.2, 0) is 109 Å². The van der Waals surface area contributed by atoms with Gasteiger partial charge in [-0.05, 0) is 123 Å². The lowest BCUT2D eigenvalue weighted by Crippen LogP contribution is -2.69. The number of aliphatic hydroxyl groups is 23. The van der Waals surface area contributed by atoms with Crippen molar-refractivity contribution in [3.8, 4) is 0 Å². The van der Waals surface area contributed by atoms with Gasteiger partial charge in [0.15, 0.2) is 62.3 Å². The van der Waals surface area contributed by atoms with Crippen molar-refractivity contribution in [2.75, 3.05) is 33.0 Å². The highest BCUT2D eigenvalue weighted by Gasteiger charge is 2.74. The second-order valence-corrected chi connectivity index (χ2v) is 42.9. The molecule has 0 radical (unpaired) electrons. The minimum absolute atomic E-state index is 0.0225. The number of carboxylic acids is 1. The van der Waals surface area contributed by atoms with Crippen molar-refractivity contribution < 1.29 is 232 Å². The summed E-state index contributed by atoms with van der Waals surface area (Å²) in [5.41, 5.74) is -5.75. The molecule has 47 heteroatoms. The fourth-order valence-electron chi connectivity index (χ4n) is 24.4. The zero-order valence-corrected chi connectivity index (χ0v) is 80.6. The largest absolute Gasteiger partial charge is 0.479 e. The number of hydrogen-bond acceptors (Lipinski definition) is 46. The summed E-state index contributed by atoms with van der Waals surface area (Å²) in [5.74, 6) is -7.47. The van der Waals surface area contributed by atoms with Crippen LogP contribution in [0.2, 0.25) is 0 Å². The van der Waals surface area contributed by atoms with Gasteiger partial charge in [-0.2, -0.15) is 0 Å². The molecule has 4 saturated carbocycles. The first-order chi connectivity index (χ1) is 65.8. The van der Waals surface area contributed by atoms with Gasteiger partial charge in [0.1, 0.15) is 164 Å². The number of aliphatic carboxylic acids is 1. The normalized spacial score (nSPS) is 48.8. The van der Waals surface area contributed by atoms with E-state index in [1.54, 1.807) is 27.7 Å². The minimum Gasteiger partial charge on any atom is -0.479 e. The van der Waals surface area contributed by atoms with E-state index in [0.29, 0.717) is 32.1 Å². The van der Waals surface area contributed by atoms with Crippen LogP contribution < -0.4 is 0 Å². The standard InChI is InChI=1S/C93H150O47/c1-13-35(3)45(127-54(103)25-40(99)24-46(36(4)14-2)128-81-65(114)60(109)49(31-96)129-81)23-39(98)26-55(104)133-71-37(5)126-85(76(68(71)117)138-84-70(119)74(136-82-66(115)61(110)58(107)47(29-94)130-82)72(38(6)125-84)134-79-63(112)56(105)43(100)32-123-79)140-87(122)93-22-21-88(7,8)27-42(93)41-15-16-51-89(9)19-18-53(90(10,34-97)50(89)17-20-91(51,11)92(41,12)28-52(93)102)132-86-77(139-83-67(116)62(111)59(108)48(30-95)131-83)73(69(118)75(137-86)78(120)121)135-80-64(113)57(106)44(101)33-124-80/h15,34-40,42-53,56-77,79-86,94-96,98-102,105-119H,13-14,16-33H2,1-12H3,(H,120,121). The molecule has 0 bridgehead atoms. The van der Waals surface area contributed by atoms with Crippen molar-refractivity contribution in [2.45, 2.75) is 443 Å². The molecule has 5 aliphatic carbocycles. The Kier molecular flexibility index (Phi) is 36.5. The van der Waals surface area contributed by atoms with Gasteiger partial charge >= 0.3 is 23.9 Å². The van der Waals surface area contributed by atoms with Gasteiger partial charge in [-0.3, -0.25) is 14.4 Å². The van der Waals surface area contributed by atoms with Gasteiger partial charge in [-0.1, -0.05) is 93.7 Å². The van der Waals surface area contributed by atoms with Crippen LogP contribution in [0.15, 0.2) is 11.6 Å². The Balaban J connectivity index is 0.778. The third-order valence-electron chi connectivity index (χ3n) is 33.6. The van der Waals surface area contributed by atoms with E-state index in [4.69, 9.17) is 85.3 Å². The van der Waals surface area contributed by atoms with Crippen molar-refractivity contribution in [3.63, 3.8) is 0 Å². The van der Waals surface area contributed by atoms with E-state index in [2.05, 4.69) is 19.9 Å². The van der Waals surface area contributed by atoms with Crippen LogP contribution in [0, 0.1) is 62.1 Å². The summed E-state index contributed by atoms with van der Waals surface area (Å²) in [5, 5.41) is 267. The number of allylic oxidation sites excluding steroid dienone is 2. The third kappa shape index (κ3) is 21.9. The lowest BCUT2D eigenvalue weighted by atomic mass is 9.33. The highest BCUT2D eigenvalue weighted by molar-refractivity contribution is 5.80. The molecule has 53 unspecified atom stereocenters. The van der Waals surface area contributed by atoms with Crippen LogP contribution in [0.5, 0.6) is 0 Å². The maximum absolute atomic E-state index is 16.5. The van der Waals surface area contributed by atoms with Crippen LogP contribution in [-0.4, -0.2) is 450 Å². The van der Waals surface area contributed by atoms with E-state index in [-0.39, 0.29) is 63.2 Å². The van der Waals surface area contributed by atoms with Crippen molar-refractivity contribution in [1.29, 1.82) is 0 Å². The molecule has 0 aromatic rings. The Hall–Kier alpha value is -4.23. The number of ether oxygens (including phenoxy) is 18. The molecule has 0 aromatic carbocycles. The van der Waals surface area contributed by atoms with Crippen molar-refractivity contribution in [1.82, 2.24) is 0 Å². The average Bonchev–Trinajstić information content (AvgIpc) is 0.716. The maximum Gasteiger partial charge on any atom is 0.335 e. The van der Waals surface area contributed by atoms with Crippen molar-refractivity contribution in [3.05, 3.63) is 11.6 Å². The number of carbonyl (C=O) groups is 5. The molecule has 24 N–H and O–H groups in total. The quantitative estimate of drug-likeness (QED) is 0.00923. The second-order valence-electron chi connectivity index (χ2n) is 42.9. The third-order valence-corrected chi connectivity index (χ3v) is 33.6. The molecular weight excluding hydrogens is 1870 g/mol. The molecule has 0 spiro atoms. The lowest BCUT2D eigenvalue weighted by molar-refractivity contribution is -0.394. The van der Waals surface area contributed by atoms with Crippen LogP contribution in [0.1, 0.15) is 179 Å². The van der Waals surface area contributed by atoms with Gasteiger partial charge < -0.3 is 213 Å². The van der Waals surface area contributed by atoms with Crippen molar-refractivity contribution in [2.24, 2.45) is 62.1 Å². The second kappa shape index (κ2) is 45.3. The summed E-state index contributed by atoms with van der Waals surface area (Å²) in [4.78, 5) is 72.5. The van der Waals surface area contributed by atoms with Crippen molar-refractivity contribution >= 4 is 30.2 Å². The number of fused-ring (bicyclic) bond motifs is 7. The Morgan fingerprint density at radius 1 is 0.464 bits per heavy atom. The first-order valence-corrected chi connectivity index (χ1v) is 49.0. The highest BCUT2D eigenvalue weighted by Crippen LogP contribution is 2.76. The van der Waals surface area contributed by atoms with E-state index in [1.807, 2.05) is 27.7 Å². The Morgan fingerprint density at radius 3 is 1.50 bits per heavy atom. The van der Waals surface area contributed by atoms with Crippen LogP contribution in [0.4, 0.5) is 0 Å². The molecular formula is C93H150O47. The lowest BCUT2D eigenvalue weighted by Gasteiger charge is -2.71. The Morgan fingerprint density at radius 2 is 0.943 bits per heavy atom. The van der Waals surface area contributed by atoms with E-state index in [0.717, 1.165) is 11.9 Å². The number of carboxylic acid groups (broad SMARTS) is 1. The van der Waals surface area contributed by atoms with Crippen LogP contribution in [0.25, 0.3) is 0 Å². The molecule has 8 heterocycles. The minimum atomic E-state index is -2.31. The predicted molar refractivity (Wildman–Crippen MR) is 464 cm³/mol. The topological polar surface area (TPSA) is 737 Å². The molecule has 13 aliphatic rings. The van der Waals surface area contributed by atoms with Gasteiger partial charge in [-0.25, -0.2) is 4.79 Å². The molecule has 53 atom stereocenters. The van der Waals surface area contributed by atoms with Gasteiger partial charge in [0.2, 0.25) is 6.29 Å². The molecule has 0 aromatic heterocycles.